The first kappa shape index (κ1) is 14.6. The molecule has 0 fully saturated rings. The molecule has 1 aromatic carbocycles. The first-order valence-corrected chi connectivity index (χ1v) is 6.91. The second-order valence-electron chi connectivity index (χ2n) is 3.99. The molecule has 0 spiro atoms. The summed E-state index contributed by atoms with van der Waals surface area (Å²) in [7, 11) is 0. The van der Waals surface area contributed by atoms with Crippen molar-refractivity contribution in [2.45, 2.75) is 13.0 Å². The molecule has 0 aliphatic heterocycles. The SMILES string of the molecule is CC(Oc1ccc(Oc2ccc(I)cn2)cc1)C(=O)O. The van der Waals surface area contributed by atoms with Gasteiger partial charge in [-0.05, 0) is 59.8 Å². The van der Waals surface area contributed by atoms with E-state index in [0.717, 1.165) is 3.57 Å². The maximum Gasteiger partial charge on any atom is 0.344 e. The van der Waals surface area contributed by atoms with Gasteiger partial charge >= 0.3 is 5.97 Å². The maximum atomic E-state index is 10.7. The number of aliphatic carboxylic acids is 1. The van der Waals surface area contributed by atoms with E-state index in [4.69, 9.17) is 14.6 Å². The molecule has 0 aliphatic carbocycles. The topological polar surface area (TPSA) is 68.7 Å². The lowest BCUT2D eigenvalue weighted by Gasteiger charge is -2.11. The quantitative estimate of drug-likeness (QED) is 0.800. The standard InChI is InChI=1S/C14H12INO4/c1-9(14(17)18)19-11-3-5-12(6-4-11)20-13-7-2-10(15)8-16-13/h2-9H,1H3,(H,17,18). The van der Waals surface area contributed by atoms with Crippen LogP contribution in [0.1, 0.15) is 6.92 Å². The van der Waals surface area contributed by atoms with Gasteiger partial charge in [-0.1, -0.05) is 0 Å². The van der Waals surface area contributed by atoms with Crippen molar-refractivity contribution in [3.63, 3.8) is 0 Å². The molecule has 0 radical (unpaired) electrons. The van der Waals surface area contributed by atoms with Crippen molar-refractivity contribution >= 4 is 28.6 Å². The normalized spacial score (nSPS) is 11.7. The molecule has 0 amide bonds. The molecule has 0 saturated carbocycles. The van der Waals surface area contributed by atoms with Gasteiger partial charge in [-0.3, -0.25) is 0 Å². The van der Waals surface area contributed by atoms with Gasteiger partial charge < -0.3 is 14.6 Å². The highest BCUT2D eigenvalue weighted by molar-refractivity contribution is 14.1. The van der Waals surface area contributed by atoms with Crippen LogP contribution in [0.5, 0.6) is 17.4 Å². The number of carbonyl (C=O) groups is 1. The lowest BCUT2D eigenvalue weighted by molar-refractivity contribution is -0.144. The smallest absolute Gasteiger partial charge is 0.344 e. The summed E-state index contributed by atoms with van der Waals surface area (Å²) in [6.07, 6.45) is 0.821. The zero-order valence-corrected chi connectivity index (χ0v) is 12.8. The van der Waals surface area contributed by atoms with Crippen LogP contribution in [0.2, 0.25) is 0 Å². The third-order valence-electron chi connectivity index (χ3n) is 2.41. The van der Waals surface area contributed by atoms with Gasteiger partial charge in [0, 0.05) is 15.8 Å². The molecule has 1 heterocycles. The fraction of sp³-hybridized carbons (Fsp3) is 0.143. The molecule has 0 bridgehead atoms. The highest BCUT2D eigenvalue weighted by Crippen LogP contribution is 2.23. The van der Waals surface area contributed by atoms with Gasteiger partial charge in [-0.25, -0.2) is 9.78 Å². The molecule has 5 nitrogen and oxygen atoms in total. The Kier molecular flexibility index (Phi) is 4.78. The Morgan fingerprint density at radius 3 is 2.40 bits per heavy atom. The van der Waals surface area contributed by atoms with Crippen molar-refractivity contribution in [2.24, 2.45) is 0 Å². The molecule has 20 heavy (non-hydrogen) atoms. The van der Waals surface area contributed by atoms with Gasteiger partial charge in [-0.15, -0.1) is 0 Å². The molecule has 6 heteroatoms. The van der Waals surface area contributed by atoms with E-state index in [1.54, 1.807) is 36.5 Å². The van der Waals surface area contributed by atoms with Crippen molar-refractivity contribution in [3.05, 3.63) is 46.2 Å². The summed E-state index contributed by atoms with van der Waals surface area (Å²) in [6, 6.07) is 10.4. The fourth-order valence-electron chi connectivity index (χ4n) is 1.38. The minimum absolute atomic E-state index is 0.475. The summed E-state index contributed by atoms with van der Waals surface area (Å²) in [5.74, 6) is 0.572. The number of aromatic nitrogens is 1. The van der Waals surface area contributed by atoms with Crippen molar-refractivity contribution in [2.75, 3.05) is 0 Å². The number of halogens is 1. The molecule has 0 saturated heterocycles. The number of pyridine rings is 1. The summed E-state index contributed by atoms with van der Waals surface area (Å²) in [4.78, 5) is 14.8. The molecule has 1 N–H and O–H groups in total. The van der Waals surface area contributed by atoms with Crippen LogP contribution in [0.4, 0.5) is 0 Å². The lowest BCUT2D eigenvalue weighted by atomic mass is 10.3. The predicted molar refractivity (Wildman–Crippen MR) is 81.2 cm³/mol. The Morgan fingerprint density at radius 2 is 1.85 bits per heavy atom. The summed E-state index contributed by atoms with van der Waals surface area (Å²) in [5.41, 5.74) is 0. The largest absolute Gasteiger partial charge is 0.479 e. The first-order valence-electron chi connectivity index (χ1n) is 5.83. The number of hydrogen-bond acceptors (Lipinski definition) is 4. The Hall–Kier alpha value is -1.83. The van der Waals surface area contributed by atoms with Crippen LogP contribution in [-0.4, -0.2) is 22.2 Å². The molecular weight excluding hydrogens is 373 g/mol. The van der Waals surface area contributed by atoms with E-state index in [2.05, 4.69) is 27.6 Å². The third-order valence-corrected chi connectivity index (χ3v) is 3.05. The van der Waals surface area contributed by atoms with E-state index < -0.39 is 12.1 Å². The summed E-state index contributed by atoms with van der Waals surface area (Å²) < 4.78 is 11.8. The zero-order valence-electron chi connectivity index (χ0n) is 10.6. The zero-order chi connectivity index (χ0) is 14.5. The number of benzene rings is 1. The van der Waals surface area contributed by atoms with Crippen molar-refractivity contribution in [1.29, 1.82) is 0 Å². The molecule has 0 aliphatic rings. The van der Waals surface area contributed by atoms with Gasteiger partial charge in [0.05, 0.1) is 0 Å². The van der Waals surface area contributed by atoms with E-state index >= 15 is 0 Å². The Bertz CT molecular complexity index is 583. The molecule has 1 aromatic heterocycles. The highest BCUT2D eigenvalue weighted by Gasteiger charge is 2.12. The average molecular weight is 385 g/mol. The number of rotatable bonds is 5. The van der Waals surface area contributed by atoms with Crippen molar-refractivity contribution in [3.8, 4) is 17.4 Å². The lowest BCUT2D eigenvalue weighted by Crippen LogP contribution is -2.22. The Labute approximate surface area is 129 Å². The first-order chi connectivity index (χ1) is 9.54. The Morgan fingerprint density at radius 1 is 1.20 bits per heavy atom. The summed E-state index contributed by atoms with van der Waals surface area (Å²) in [5, 5.41) is 8.76. The van der Waals surface area contributed by atoms with E-state index in [0.29, 0.717) is 17.4 Å². The monoisotopic (exact) mass is 385 g/mol. The van der Waals surface area contributed by atoms with Crippen LogP contribution in [0.3, 0.4) is 0 Å². The third kappa shape index (κ3) is 4.09. The summed E-state index contributed by atoms with van der Waals surface area (Å²) >= 11 is 2.17. The van der Waals surface area contributed by atoms with Crippen LogP contribution in [0.25, 0.3) is 0 Å². The van der Waals surface area contributed by atoms with Crippen LogP contribution in [0.15, 0.2) is 42.6 Å². The molecule has 2 aromatic rings. The van der Waals surface area contributed by atoms with Gasteiger partial charge in [0.15, 0.2) is 6.10 Å². The number of ether oxygens (including phenoxy) is 2. The predicted octanol–water partition coefficient (Wildman–Crippen LogP) is 3.33. The number of carboxylic acid groups (broad SMARTS) is 1. The molecule has 2 rings (SSSR count). The molecular formula is C14H12INO4. The van der Waals surface area contributed by atoms with Crippen LogP contribution in [0, 0.1) is 3.57 Å². The van der Waals surface area contributed by atoms with Gasteiger partial charge in [0.2, 0.25) is 5.88 Å². The molecule has 104 valence electrons. The maximum absolute atomic E-state index is 10.7. The average Bonchev–Trinajstić information content (AvgIpc) is 2.43. The minimum atomic E-state index is -1.01. The second-order valence-corrected chi connectivity index (χ2v) is 5.23. The Balaban J connectivity index is 2.01. The number of carboxylic acids is 1. The van der Waals surface area contributed by atoms with Crippen molar-refractivity contribution < 1.29 is 19.4 Å². The van der Waals surface area contributed by atoms with Crippen LogP contribution >= 0.6 is 22.6 Å². The number of hydrogen-bond donors (Lipinski definition) is 1. The minimum Gasteiger partial charge on any atom is -0.479 e. The van der Waals surface area contributed by atoms with Crippen molar-refractivity contribution in [1.82, 2.24) is 4.98 Å². The van der Waals surface area contributed by atoms with Gasteiger partial charge in [0.1, 0.15) is 11.5 Å². The van der Waals surface area contributed by atoms with E-state index in [9.17, 15) is 4.79 Å². The van der Waals surface area contributed by atoms with E-state index in [1.807, 2.05) is 6.07 Å². The van der Waals surface area contributed by atoms with Gasteiger partial charge in [-0.2, -0.15) is 0 Å². The molecule has 1 unspecified atom stereocenters. The number of nitrogens with zero attached hydrogens (tertiary/aromatic N) is 1. The summed E-state index contributed by atoms with van der Waals surface area (Å²) in [6.45, 7) is 1.47. The second kappa shape index (κ2) is 6.56. The van der Waals surface area contributed by atoms with Crippen LogP contribution < -0.4 is 9.47 Å². The van der Waals surface area contributed by atoms with E-state index in [-0.39, 0.29) is 0 Å². The van der Waals surface area contributed by atoms with E-state index in [1.165, 1.54) is 6.92 Å². The van der Waals surface area contributed by atoms with Gasteiger partial charge in [0.25, 0.3) is 0 Å². The molecule has 1 atom stereocenters. The van der Waals surface area contributed by atoms with Crippen LogP contribution in [-0.2, 0) is 4.79 Å². The fourth-order valence-corrected chi connectivity index (χ4v) is 1.70. The highest BCUT2D eigenvalue weighted by atomic mass is 127.